The van der Waals surface area contributed by atoms with E-state index in [1.165, 1.54) is 19.1 Å². The van der Waals surface area contributed by atoms with E-state index in [-0.39, 0.29) is 0 Å². The van der Waals surface area contributed by atoms with Crippen molar-refractivity contribution in [3.8, 4) is 0 Å². The van der Waals surface area contributed by atoms with Crippen molar-refractivity contribution in [2.45, 2.75) is 31.3 Å². The van der Waals surface area contributed by atoms with E-state index in [1.54, 1.807) is 0 Å². The third-order valence-corrected chi connectivity index (χ3v) is 2.08. The molecule has 1 aliphatic heterocycles. The maximum absolute atomic E-state index is 10.8. The van der Waals surface area contributed by atoms with Gasteiger partial charge in [-0.15, -0.1) is 13.2 Å². The van der Waals surface area contributed by atoms with Crippen molar-refractivity contribution in [2.75, 3.05) is 0 Å². The second-order valence-electron chi connectivity index (χ2n) is 3.10. The van der Waals surface area contributed by atoms with Crippen LogP contribution in [0.5, 0.6) is 0 Å². The largest absolute Gasteiger partial charge is 0.457 e. The Kier molecular flexibility index (Phi) is 3.43. The average molecular weight is 198 g/mol. The molecule has 0 aliphatic carbocycles. The van der Waals surface area contributed by atoms with Crippen LogP contribution >= 0.6 is 0 Å². The summed E-state index contributed by atoms with van der Waals surface area (Å²) in [4.78, 5) is 10.8. The van der Waals surface area contributed by atoms with Gasteiger partial charge in [0.25, 0.3) is 0 Å². The number of hydrogen-bond acceptors (Lipinski definition) is 4. The summed E-state index contributed by atoms with van der Waals surface area (Å²) in [6.07, 6.45) is 0.428. The molecule has 78 valence electrons. The van der Waals surface area contributed by atoms with E-state index in [1.807, 2.05) is 0 Å². The molecule has 4 heteroatoms. The van der Waals surface area contributed by atoms with Crippen LogP contribution in [0, 0.1) is 0 Å². The summed E-state index contributed by atoms with van der Waals surface area (Å²) in [7, 11) is 0. The van der Waals surface area contributed by atoms with Crippen LogP contribution in [0.1, 0.15) is 6.92 Å². The maximum atomic E-state index is 10.8. The first-order valence-corrected chi connectivity index (χ1v) is 4.36. The fourth-order valence-corrected chi connectivity index (χ4v) is 1.43. The molecule has 1 heterocycles. The third-order valence-electron chi connectivity index (χ3n) is 2.08. The van der Waals surface area contributed by atoms with Crippen molar-refractivity contribution >= 4 is 5.97 Å². The van der Waals surface area contributed by atoms with Gasteiger partial charge in [-0.3, -0.25) is 4.79 Å². The van der Waals surface area contributed by atoms with Crippen LogP contribution in [-0.2, 0) is 14.3 Å². The molecule has 0 radical (unpaired) electrons. The van der Waals surface area contributed by atoms with Gasteiger partial charge in [0.2, 0.25) is 0 Å². The molecule has 0 saturated carbocycles. The van der Waals surface area contributed by atoms with E-state index in [0.717, 1.165) is 0 Å². The Labute approximate surface area is 82.8 Å². The number of aliphatic hydroxyl groups is 1. The number of ether oxygens (including phenoxy) is 2. The lowest BCUT2D eigenvalue weighted by molar-refractivity contribution is -0.151. The van der Waals surface area contributed by atoms with Gasteiger partial charge in [0.15, 0.2) is 6.10 Å². The first-order valence-electron chi connectivity index (χ1n) is 4.36. The fourth-order valence-electron chi connectivity index (χ4n) is 1.43. The Morgan fingerprint density at radius 2 is 2.00 bits per heavy atom. The van der Waals surface area contributed by atoms with E-state index in [2.05, 4.69) is 13.2 Å². The van der Waals surface area contributed by atoms with Gasteiger partial charge in [-0.2, -0.15) is 0 Å². The summed E-state index contributed by atoms with van der Waals surface area (Å²) in [5.41, 5.74) is 0. The normalized spacial score (nSPS) is 36.4. The zero-order chi connectivity index (χ0) is 10.7. The van der Waals surface area contributed by atoms with Crippen molar-refractivity contribution in [3.63, 3.8) is 0 Å². The lowest BCUT2D eigenvalue weighted by Crippen LogP contribution is -2.35. The zero-order valence-corrected chi connectivity index (χ0v) is 8.05. The smallest absolute Gasteiger partial charge is 0.303 e. The summed E-state index contributed by atoms with van der Waals surface area (Å²) < 4.78 is 10.2. The molecule has 0 aromatic rings. The van der Waals surface area contributed by atoms with Gasteiger partial charge in [-0.1, -0.05) is 12.2 Å². The summed E-state index contributed by atoms with van der Waals surface area (Å²) in [6.45, 7) is 8.34. The van der Waals surface area contributed by atoms with Crippen molar-refractivity contribution in [2.24, 2.45) is 0 Å². The molecular weight excluding hydrogens is 184 g/mol. The first-order chi connectivity index (χ1) is 6.60. The number of carbonyl (C=O) groups excluding carboxylic acids is 1. The van der Waals surface area contributed by atoms with Crippen LogP contribution in [0.2, 0.25) is 0 Å². The summed E-state index contributed by atoms with van der Waals surface area (Å²) in [5, 5.41) is 9.68. The quantitative estimate of drug-likeness (QED) is 0.527. The van der Waals surface area contributed by atoms with Crippen molar-refractivity contribution in [1.82, 2.24) is 0 Å². The Morgan fingerprint density at radius 3 is 2.43 bits per heavy atom. The molecule has 0 amide bonds. The number of aliphatic hydroxyl groups excluding tert-OH is 1. The highest BCUT2D eigenvalue weighted by atomic mass is 16.6. The first kappa shape index (κ1) is 10.9. The molecular formula is C10H14O4. The Hall–Kier alpha value is -1.13. The summed E-state index contributed by atoms with van der Waals surface area (Å²) in [6, 6.07) is 0. The minimum atomic E-state index is -0.876. The number of hydrogen-bond donors (Lipinski definition) is 1. The van der Waals surface area contributed by atoms with Crippen LogP contribution < -0.4 is 0 Å². The molecule has 1 N–H and O–H groups in total. The molecule has 0 unspecified atom stereocenters. The van der Waals surface area contributed by atoms with Gasteiger partial charge in [-0.25, -0.2) is 0 Å². The van der Waals surface area contributed by atoms with Crippen LogP contribution in [0.25, 0.3) is 0 Å². The Bertz CT molecular complexity index is 249. The van der Waals surface area contributed by atoms with E-state index < -0.39 is 30.4 Å². The van der Waals surface area contributed by atoms with E-state index >= 15 is 0 Å². The Morgan fingerprint density at radius 1 is 1.43 bits per heavy atom. The number of esters is 1. The van der Waals surface area contributed by atoms with Gasteiger partial charge in [-0.05, 0) is 0 Å². The average Bonchev–Trinajstić information content (AvgIpc) is 2.43. The molecule has 4 atom stereocenters. The third kappa shape index (κ3) is 2.02. The molecule has 1 rings (SSSR count). The van der Waals surface area contributed by atoms with Gasteiger partial charge in [0.1, 0.15) is 18.3 Å². The highest BCUT2D eigenvalue weighted by Crippen LogP contribution is 2.25. The lowest BCUT2D eigenvalue weighted by atomic mass is 10.1. The minimum Gasteiger partial charge on any atom is -0.457 e. The van der Waals surface area contributed by atoms with E-state index in [9.17, 15) is 9.90 Å². The predicted molar refractivity (Wildman–Crippen MR) is 50.6 cm³/mol. The molecule has 4 nitrogen and oxygen atoms in total. The Balaban J connectivity index is 2.74. The van der Waals surface area contributed by atoms with Crippen LogP contribution in [0.4, 0.5) is 0 Å². The van der Waals surface area contributed by atoms with Crippen molar-refractivity contribution in [3.05, 3.63) is 25.3 Å². The molecule has 0 spiro atoms. The van der Waals surface area contributed by atoms with Gasteiger partial charge >= 0.3 is 5.97 Å². The molecule has 1 fully saturated rings. The fraction of sp³-hybridized carbons (Fsp3) is 0.500. The maximum Gasteiger partial charge on any atom is 0.303 e. The van der Waals surface area contributed by atoms with Gasteiger partial charge < -0.3 is 14.6 Å². The van der Waals surface area contributed by atoms with Crippen LogP contribution in [-0.4, -0.2) is 35.5 Å². The highest BCUT2D eigenvalue weighted by Gasteiger charge is 2.42. The molecule has 1 saturated heterocycles. The summed E-state index contributed by atoms with van der Waals surface area (Å²) in [5.74, 6) is -0.450. The molecule has 1 aliphatic rings. The molecule has 14 heavy (non-hydrogen) atoms. The van der Waals surface area contributed by atoms with Crippen LogP contribution in [0.3, 0.4) is 0 Å². The number of rotatable bonds is 3. The van der Waals surface area contributed by atoms with Crippen LogP contribution in [0.15, 0.2) is 25.3 Å². The second-order valence-corrected chi connectivity index (χ2v) is 3.10. The molecule has 0 aromatic heterocycles. The van der Waals surface area contributed by atoms with Crippen molar-refractivity contribution in [1.29, 1.82) is 0 Å². The monoisotopic (exact) mass is 198 g/mol. The zero-order valence-electron chi connectivity index (χ0n) is 8.05. The lowest BCUT2D eigenvalue weighted by Gasteiger charge is -2.17. The predicted octanol–water partition coefficient (Wildman–Crippen LogP) is 0.418. The van der Waals surface area contributed by atoms with Gasteiger partial charge in [0, 0.05) is 6.92 Å². The van der Waals surface area contributed by atoms with E-state index in [4.69, 9.17) is 9.47 Å². The molecule has 0 bridgehead atoms. The van der Waals surface area contributed by atoms with Crippen molar-refractivity contribution < 1.29 is 19.4 Å². The minimum absolute atomic E-state index is 0.450. The topological polar surface area (TPSA) is 55.8 Å². The SMILES string of the molecule is C=C[C@@H]1O[C@H](C=C)[C@@H](OC(C)=O)[C@H]1O. The highest BCUT2D eigenvalue weighted by molar-refractivity contribution is 5.66. The summed E-state index contributed by atoms with van der Waals surface area (Å²) >= 11 is 0. The second kappa shape index (κ2) is 4.39. The van der Waals surface area contributed by atoms with Gasteiger partial charge in [0.05, 0.1) is 0 Å². The van der Waals surface area contributed by atoms with E-state index in [0.29, 0.717) is 0 Å². The standard InChI is InChI=1S/C10H14O4/c1-4-7-9(12)10(13-6(3)11)8(5-2)14-7/h4-5,7-10,12H,1-2H2,3H3/t7-,8+,9-,10+/m0/s1. The number of carbonyl (C=O) groups is 1. The molecule has 0 aromatic carbocycles.